The molecular weight excluding hydrogens is 333 g/mol. The molecule has 0 aliphatic carbocycles. The minimum absolute atomic E-state index is 0.270. The van der Waals surface area contributed by atoms with E-state index in [1.54, 1.807) is 18.3 Å². The number of aromatic amines is 1. The van der Waals surface area contributed by atoms with Crippen LogP contribution in [-0.4, -0.2) is 40.1 Å². The van der Waals surface area contributed by atoms with Crippen molar-refractivity contribution in [2.45, 2.75) is 18.8 Å². The Labute approximate surface area is 150 Å². The molecule has 4 rings (SSSR count). The fourth-order valence-corrected chi connectivity index (χ4v) is 3.26. The normalized spacial score (nSPS) is 15.2. The summed E-state index contributed by atoms with van der Waals surface area (Å²) in [5, 5.41) is 3.37. The molecule has 0 radical (unpaired) electrons. The van der Waals surface area contributed by atoms with E-state index in [1.807, 2.05) is 6.07 Å². The van der Waals surface area contributed by atoms with Gasteiger partial charge in [0.25, 0.3) is 0 Å². The second-order valence-electron chi connectivity index (χ2n) is 6.31. The summed E-state index contributed by atoms with van der Waals surface area (Å²) >= 11 is 0. The van der Waals surface area contributed by atoms with Gasteiger partial charge >= 0.3 is 6.01 Å². The first-order valence-corrected chi connectivity index (χ1v) is 8.68. The molecule has 0 amide bonds. The molecule has 2 aromatic heterocycles. The van der Waals surface area contributed by atoms with Crippen LogP contribution in [0.15, 0.2) is 36.5 Å². The van der Waals surface area contributed by atoms with Crippen LogP contribution in [0.4, 0.5) is 4.39 Å². The number of methoxy groups -OCH3 is 1. The van der Waals surface area contributed by atoms with E-state index in [2.05, 4.69) is 20.3 Å². The van der Waals surface area contributed by atoms with E-state index in [0.29, 0.717) is 17.6 Å². The van der Waals surface area contributed by atoms with Crippen LogP contribution in [0.1, 0.15) is 24.6 Å². The third-order valence-corrected chi connectivity index (χ3v) is 4.64. The minimum Gasteiger partial charge on any atom is -0.467 e. The van der Waals surface area contributed by atoms with Gasteiger partial charge < -0.3 is 15.0 Å². The van der Waals surface area contributed by atoms with E-state index >= 15 is 0 Å². The molecule has 1 aliphatic heterocycles. The van der Waals surface area contributed by atoms with Gasteiger partial charge in [-0.3, -0.25) is 0 Å². The lowest BCUT2D eigenvalue weighted by Gasteiger charge is -2.20. The molecule has 1 aromatic carbocycles. The van der Waals surface area contributed by atoms with Crippen molar-refractivity contribution in [1.82, 2.24) is 25.3 Å². The zero-order valence-electron chi connectivity index (χ0n) is 14.5. The van der Waals surface area contributed by atoms with Gasteiger partial charge in [0.05, 0.1) is 24.2 Å². The first kappa shape index (κ1) is 16.7. The molecule has 6 nitrogen and oxygen atoms in total. The summed E-state index contributed by atoms with van der Waals surface area (Å²) in [6.07, 6.45) is 3.71. The van der Waals surface area contributed by atoms with Crippen molar-refractivity contribution in [2.75, 3.05) is 20.2 Å². The molecular formula is C19H20FN5O. The standard InChI is InChI=1S/C19H20FN5O/c1-26-19-22-11-8-15(23-19)17-16(12-2-4-14(20)5-3-12)24-18(25-17)13-6-9-21-10-7-13/h2-5,8,11,13,21H,6-7,9-10H2,1H3,(H,24,25). The molecule has 0 bridgehead atoms. The first-order valence-electron chi connectivity index (χ1n) is 8.68. The number of halogens is 1. The van der Waals surface area contributed by atoms with Crippen molar-refractivity contribution in [2.24, 2.45) is 0 Å². The maximum absolute atomic E-state index is 13.3. The molecule has 1 aliphatic rings. The Bertz CT molecular complexity index is 887. The molecule has 0 saturated carbocycles. The zero-order chi connectivity index (χ0) is 17.9. The van der Waals surface area contributed by atoms with Crippen LogP contribution in [0.5, 0.6) is 6.01 Å². The molecule has 0 spiro atoms. The molecule has 26 heavy (non-hydrogen) atoms. The maximum Gasteiger partial charge on any atom is 0.316 e. The lowest BCUT2D eigenvalue weighted by molar-refractivity contribution is 0.380. The Morgan fingerprint density at radius 3 is 2.58 bits per heavy atom. The van der Waals surface area contributed by atoms with Gasteiger partial charge in [-0.15, -0.1) is 0 Å². The van der Waals surface area contributed by atoms with Crippen molar-refractivity contribution in [3.63, 3.8) is 0 Å². The fourth-order valence-electron chi connectivity index (χ4n) is 3.26. The summed E-state index contributed by atoms with van der Waals surface area (Å²) in [4.78, 5) is 16.8. The molecule has 0 atom stereocenters. The number of hydrogen-bond donors (Lipinski definition) is 2. The molecule has 3 heterocycles. The SMILES string of the molecule is COc1nccc(-c2[nH]c(C3CCNCC3)nc2-c2ccc(F)cc2)n1. The number of H-pyrrole nitrogens is 1. The lowest BCUT2D eigenvalue weighted by atomic mass is 9.98. The largest absolute Gasteiger partial charge is 0.467 e. The molecule has 1 saturated heterocycles. The van der Waals surface area contributed by atoms with Gasteiger partial charge in [-0.2, -0.15) is 4.98 Å². The Kier molecular flexibility index (Phi) is 4.62. The van der Waals surface area contributed by atoms with Crippen LogP contribution in [0.2, 0.25) is 0 Å². The smallest absolute Gasteiger partial charge is 0.316 e. The van der Waals surface area contributed by atoms with Crippen molar-refractivity contribution < 1.29 is 9.13 Å². The van der Waals surface area contributed by atoms with Gasteiger partial charge in [0, 0.05) is 17.7 Å². The zero-order valence-corrected chi connectivity index (χ0v) is 14.5. The van der Waals surface area contributed by atoms with Crippen LogP contribution in [0.25, 0.3) is 22.6 Å². The fraction of sp³-hybridized carbons (Fsp3) is 0.316. The summed E-state index contributed by atoms with van der Waals surface area (Å²) in [6, 6.07) is 8.47. The van der Waals surface area contributed by atoms with Gasteiger partial charge in [0.1, 0.15) is 11.6 Å². The Morgan fingerprint density at radius 1 is 1.08 bits per heavy atom. The van der Waals surface area contributed by atoms with Crippen LogP contribution >= 0.6 is 0 Å². The summed E-state index contributed by atoms with van der Waals surface area (Å²) in [5.74, 6) is 1.04. The number of nitrogens with zero attached hydrogens (tertiary/aromatic N) is 3. The van der Waals surface area contributed by atoms with Crippen molar-refractivity contribution in [3.8, 4) is 28.7 Å². The minimum atomic E-state index is -0.270. The van der Waals surface area contributed by atoms with E-state index in [-0.39, 0.29) is 5.82 Å². The van der Waals surface area contributed by atoms with E-state index in [1.165, 1.54) is 19.2 Å². The maximum atomic E-state index is 13.3. The second-order valence-corrected chi connectivity index (χ2v) is 6.31. The number of ether oxygens (including phenoxy) is 1. The summed E-state index contributed by atoms with van der Waals surface area (Å²) in [7, 11) is 1.54. The first-order chi connectivity index (χ1) is 12.7. The van der Waals surface area contributed by atoms with Gasteiger partial charge in [0.15, 0.2) is 0 Å². The average Bonchev–Trinajstić information content (AvgIpc) is 3.15. The molecule has 134 valence electrons. The van der Waals surface area contributed by atoms with Crippen molar-refractivity contribution >= 4 is 0 Å². The number of piperidine rings is 1. The predicted molar refractivity (Wildman–Crippen MR) is 96.4 cm³/mol. The second kappa shape index (κ2) is 7.21. The molecule has 1 fully saturated rings. The van der Waals surface area contributed by atoms with Crippen LogP contribution in [0.3, 0.4) is 0 Å². The van der Waals surface area contributed by atoms with Crippen LogP contribution in [0, 0.1) is 5.82 Å². The third kappa shape index (κ3) is 3.30. The lowest BCUT2D eigenvalue weighted by Crippen LogP contribution is -2.27. The Morgan fingerprint density at radius 2 is 1.85 bits per heavy atom. The Hall–Kier alpha value is -2.80. The monoisotopic (exact) mass is 353 g/mol. The third-order valence-electron chi connectivity index (χ3n) is 4.64. The van der Waals surface area contributed by atoms with E-state index in [9.17, 15) is 4.39 Å². The highest BCUT2D eigenvalue weighted by molar-refractivity contribution is 5.76. The summed E-state index contributed by atoms with van der Waals surface area (Å²) in [5.41, 5.74) is 3.10. The Balaban J connectivity index is 1.81. The average molecular weight is 353 g/mol. The number of benzene rings is 1. The van der Waals surface area contributed by atoms with Crippen molar-refractivity contribution in [3.05, 3.63) is 48.2 Å². The van der Waals surface area contributed by atoms with E-state index < -0.39 is 0 Å². The van der Waals surface area contributed by atoms with Crippen LogP contribution < -0.4 is 10.1 Å². The number of aromatic nitrogens is 4. The molecule has 7 heteroatoms. The summed E-state index contributed by atoms with van der Waals surface area (Å²) < 4.78 is 18.5. The van der Waals surface area contributed by atoms with E-state index in [4.69, 9.17) is 9.72 Å². The molecule has 2 N–H and O–H groups in total. The molecule has 0 unspecified atom stereocenters. The molecule has 3 aromatic rings. The topological polar surface area (TPSA) is 75.7 Å². The highest BCUT2D eigenvalue weighted by atomic mass is 19.1. The quantitative estimate of drug-likeness (QED) is 0.754. The number of nitrogens with one attached hydrogen (secondary N) is 2. The number of imidazole rings is 1. The van der Waals surface area contributed by atoms with Crippen molar-refractivity contribution in [1.29, 1.82) is 0 Å². The van der Waals surface area contributed by atoms with Gasteiger partial charge in [-0.25, -0.2) is 14.4 Å². The predicted octanol–water partition coefficient (Wildman–Crippen LogP) is 3.15. The van der Waals surface area contributed by atoms with Gasteiger partial charge in [-0.05, 0) is 56.3 Å². The van der Waals surface area contributed by atoms with Gasteiger partial charge in [0.2, 0.25) is 0 Å². The summed E-state index contributed by atoms with van der Waals surface area (Å²) in [6.45, 7) is 1.96. The van der Waals surface area contributed by atoms with Crippen LogP contribution in [-0.2, 0) is 0 Å². The highest BCUT2D eigenvalue weighted by Crippen LogP contribution is 2.33. The van der Waals surface area contributed by atoms with E-state index in [0.717, 1.165) is 48.7 Å². The van der Waals surface area contributed by atoms with Gasteiger partial charge in [-0.1, -0.05) is 0 Å². The number of hydrogen-bond acceptors (Lipinski definition) is 5. The highest BCUT2D eigenvalue weighted by Gasteiger charge is 2.23. The number of rotatable bonds is 4.